The number of aromatic amines is 1. The monoisotopic (exact) mass is 532 g/mol. The van der Waals surface area contributed by atoms with E-state index in [4.69, 9.17) is 33.2 Å². The number of hydrogen-bond donors (Lipinski definition) is 1. The van der Waals surface area contributed by atoms with Crippen molar-refractivity contribution in [3.05, 3.63) is 120 Å². The van der Waals surface area contributed by atoms with E-state index in [0.717, 1.165) is 21.4 Å². The van der Waals surface area contributed by atoms with Gasteiger partial charge in [0, 0.05) is 5.92 Å². The summed E-state index contributed by atoms with van der Waals surface area (Å²) in [5.74, 6) is 0.883. The summed E-state index contributed by atoms with van der Waals surface area (Å²) in [5, 5.41) is 13.1. The van der Waals surface area contributed by atoms with Crippen LogP contribution in [-0.4, -0.2) is 14.8 Å². The zero-order valence-corrected chi connectivity index (χ0v) is 21.8. The van der Waals surface area contributed by atoms with Gasteiger partial charge in [-0.2, -0.15) is 9.94 Å². The van der Waals surface area contributed by atoms with Crippen LogP contribution < -0.4 is 16.0 Å². The van der Waals surface area contributed by atoms with Gasteiger partial charge in [-0.25, -0.2) is 4.79 Å². The van der Waals surface area contributed by atoms with Crippen molar-refractivity contribution in [2.24, 2.45) is 0 Å². The van der Waals surface area contributed by atoms with E-state index in [0.29, 0.717) is 5.75 Å². The zero-order chi connectivity index (χ0) is 26.7. The quantitative estimate of drug-likeness (QED) is 0.309. The molecule has 1 unspecified atom stereocenters. The highest BCUT2D eigenvalue weighted by atomic mass is 35.5. The molecule has 37 heavy (non-hydrogen) atoms. The molecule has 4 aromatic rings. The topological polar surface area (TPSA) is 101 Å². The van der Waals surface area contributed by atoms with E-state index in [1.54, 1.807) is 6.07 Å². The molecule has 0 aliphatic rings. The molecule has 4 rings (SSSR count). The van der Waals surface area contributed by atoms with E-state index in [1.807, 2.05) is 55.2 Å². The smallest absolute Gasteiger partial charge is 0.349 e. The van der Waals surface area contributed by atoms with Gasteiger partial charge in [0.2, 0.25) is 5.69 Å². The van der Waals surface area contributed by atoms with Gasteiger partial charge < -0.3 is 4.74 Å². The fourth-order valence-corrected chi connectivity index (χ4v) is 4.62. The Hall–Kier alpha value is -4.12. The maximum absolute atomic E-state index is 12.2. The average molecular weight is 533 g/mol. The van der Waals surface area contributed by atoms with Crippen LogP contribution in [0, 0.1) is 18.3 Å². The van der Waals surface area contributed by atoms with Crippen molar-refractivity contribution in [3.8, 4) is 23.3 Å². The molecule has 0 spiro atoms. The standard InChI is InChI=1S/C28H22Cl2N4O3/c1-4-21(17(3)18-8-6-5-7-9-18)22-14-20(11-10-16(22)2)37-26-23(29)12-19(13-24(26)30)34-28(36)32-27(35)25(15-31)33-34/h4-14,17H,1-3H3,(H,32,35,36)/b21-4-. The maximum atomic E-state index is 12.2. The van der Waals surface area contributed by atoms with Crippen molar-refractivity contribution >= 4 is 28.8 Å². The lowest BCUT2D eigenvalue weighted by Crippen LogP contribution is -2.33. The Kier molecular flexibility index (Phi) is 7.63. The SMILES string of the molecule is C/C=C(\c1cc(Oc2c(Cl)cc(-n3nc(C#N)c(=O)[nH]c3=O)cc2Cl)ccc1C)C(C)c1ccccc1. The molecule has 7 nitrogen and oxygen atoms in total. The Bertz CT molecular complexity index is 1640. The van der Waals surface area contributed by atoms with Gasteiger partial charge in [0.05, 0.1) is 15.7 Å². The summed E-state index contributed by atoms with van der Waals surface area (Å²) in [5.41, 5.74) is 2.46. The molecule has 1 atom stereocenters. The molecule has 186 valence electrons. The zero-order valence-electron chi connectivity index (χ0n) is 20.3. The number of allylic oxidation sites excluding steroid dienone is 2. The van der Waals surface area contributed by atoms with E-state index in [1.165, 1.54) is 17.7 Å². The van der Waals surface area contributed by atoms with Crippen molar-refractivity contribution in [3.63, 3.8) is 0 Å². The van der Waals surface area contributed by atoms with E-state index in [2.05, 4.69) is 30.2 Å². The third-order valence-electron chi connectivity index (χ3n) is 5.98. The highest BCUT2D eigenvalue weighted by molar-refractivity contribution is 6.37. The van der Waals surface area contributed by atoms with Gasteiger partial charge in [0.25, 0.3) is 5.56 Å². The molecule has 0 saturated carbocycles. The summed E-state index contributed by atoms with van der Waals surface area (Å²) in [6.07, 6.45) is 2.10. The molecular weight excluding hydrogens is 511 g/mol. The molecule has 9 heteroatoms. The van der Waals surface area contributed by atoms with Crippen LogP contribution in [0.5, 0.6) is 11.5 Å². The molecule has 3 aromatic carbocycles. The molecule has 1 heterocycles. The van der Waals surface area contributed by atoms with Crippen LogP contribution in [0.4, 0.5) is 0 Å². The third kappa shape index (κ3) is 5.36. The minimum atomic E-state index is -0.877. The van der Waals surface area contributed by atoms with Crippen LogP contribution in [0.3, 0.4) is 0 Å². The number of nitrogens with one attached hydrogen (secondary N) is 1. The number of rotatable bonds is 6. The first kappa shape index (κ1) is 26.0. The number of benzene rings is 3. The molecule has 0 aliphatic carbocycles. The number of ether oxygens (including phenoxy) is 1. The van der Waals surface area contributed by atoms with Crippen molar-refractivity contribution in [2.45, 2.75) is 26.7 Å². The number of hydrogen-bond acceptors (Lipinski definition) is 5. The van der Waals surface area contributed by atoms with Gasteiger partial charge in [-0.3, -0.25) is 9.78 Å². The van der Waals surface area contributed by atoms with Gasteiger partial charge in [0.15, 0.2) is 5.75 Å². The number of aryl methyl sites for hydroxylation is 1. The average Bonchev–Trinajstić information content (AvgIpc) is 2.88. The van der Waals surface area contributed by atoms with Crippen LogP contribution in [0.15, 0.2) is 76.3 Å². The summed E-state index contributed by atoms with van der Waals surface area (Å²) < 4.78 is 6.93. The molecule has 0 saturated heterocycles. The summed E-state index contributed by atoms with van der Waals surface area (Å²) in [6, 6.07) is 20.5. The third-order valence-corrected chi connectivity index (χ3v) is 6.54. The van der Waals surface area contributed by atoms with E-state index >= 15 is 0 Å². The number of aromatic nitrogens is 3. The van der Waals surface area contributed by atoms with Gasteiger partial charge in [-0.15, -0.1) is 5.10 Å². The van der Waals surface area contributed by atoms with Crippen LogP contribution >= 0.6 is 23.2 Å². The van der Waals surface area contributed by atoms with E-state index < -0.39 is 16.9 Å². The summed E-state index contributed by atoms with van der Waals surface area (Å²) in [4.78, 5) is 25.9. The molecule has 0 aliphatic heterocycles. The molecule has 0 fully saturated rings. The lowest BCUT2D eigenvalue weighted by atomic mass is 9.86. The first-order valence-corrected chi connectivity index (χ1v) is 12.1. The van der Waals surface area contributed by atoms with Crippen LogP contribution in [-0.2, 0) is 0 Å². The number of halogens is 2. The molecular formula is C28H22Cl2N4O3. The Morgan fingerprint density at radius 3 is 2.41 bits per heavy atom. The van der Waals surface area contributed by atoms with E-state index in [-0.39, 0.29) is 27.4 Å². The van der Waals surface area contributed by atoms with Gasteiger partial charge in [0.1, 0.15) is 11.8 Å². The molecule has 1 N–H and O–H groups in total. The lowest BCUT2D eigenvalue weighted by molar-refractivity contribution is 0.482. The predicted molar refractivity (Wildman–Crippen MR) is 145 cm³/mol. The van der Waals surface area contributed by atoms with Crippen molar-refractivity contribution < 1.29 is 4.74 Å². The maximum Gasteiger partial charge on any atom is 0.349 e. The van der Waals surface area contributed by atoms with Crippen LogP contribution in [0.2, 0.25) is 10.0 Å². The molecule has 0 amide bonds. The minimum Gasteiger partial charge on any atom is -0.454 e. The Morgan fingerprint density at radius 2 is 1.78 bits per heavy atom. The fraction of sp³-hybridized carbons (Fsp3) is 0.143. The molecule has 0 bridgehead atoms. The predicted octanol–water partition coefficient (Wildman–Crippen LogP) is 6.41. The minimum absolute atomic E-state index is 0.118. The van der Waals surface area contributed by atoms with E-state index in [9.17, 15) is 9.59 Å². The van der Waals surface area contributed by atoms with Gasteiger partial charge in [-0.05, 0) is 60.4 Å². The Labute approximate surface area is 223 Å². The van der Waals surface area contributed by atoms with Gasteiger partial charge in [-0.1, -0.05) is 72.6 Å². The highest BCUT2D eigenvalue weighted by Gasteiger charge is 2.18. The highest BCUT2D eigenvalue weighted by Crippen LogP contribution is 2.40. The van der Waals surface area contributed by atoms with Crippen molar-refractivity contribution in [2.75, 3.05) is 0 Å². The summed E-state index contributed by atoms with van der Waals surface area (Å²) >= 11 is 13.0. The summed E-state index contributed by atoms with van der Waals surface area (Å²) in [7, 11) is 0. The summed E-state index contributed by atoms with van der Waals surface area (Å²) in [6.45, 7) is 6.22. The van der Waals surface area contributed by atoms with Gasteiger partial charge >= 0.3 is 5.69 Å². The first-order valence-electron chi connectivity index (χ1n) is 11.4. The first-order chi connectivity index (χ1) is 17.7. The second-order valence-electron chi connectivity index (χ2n) is 8.33. The Balaban J connectivity index is 1.70. The molecule has 1 aromatic heterocycles. The van der Waals surface area contributed by atoms with Crippen molar-refractivity contribution in [1.29, 1.82) is 5.26 Å². The lowest BCUT2D eigenvalue weighted by Gasteiger charge is -2.20. The Morgan fingerprint density at radius 1 is 1.11 bits per heavy atom. The number of nitrogens with zero attached hydrogens (tertiary/aromatic N) is 3. The number of H-pyrrole nitrogens is 1. The normalized spacial score (nSPS) is 12.2. The van der Waals surface area contributed by atoms with Crippen LogP contribution in [0.1, 0.15) is 42.1 Å². The second-order valence-corrected chi connectivity index (χ2v) is 9.14. The number of nitriles is 1. The fourth-order valence-electron chi connectivity index (χ4n) is 4.07. The largest absolute Gasteiger partial charge is 0.454 e. The molecule has 0 radical (unpaired) electrons. The van der Waals surface area contributed by atoms with Crippen LogP contribution in [0.25, 0.3) is 11.3 Å². The second kappa shape index (κ2) is 10.9. The van der Waals surface area contributed by atoms with Crippen molar-refractivity contribution in [1.82, 2.24) is 14.8 Å².